The molecule has 0 aromatic heterocycles. The van der Waals surface area contributed by atoms with E-state index in [0.29, 0.717) is 21.5 Å². The summed E-state index contributed by atoms with van der Waals surface area (Å²) in [5, 5.41) is 0. The Balaban J connectivity index is 3.44. The van der Waals surface area contributed by atoms with E-state index in [1.54, 1.807) is 13.2 Å². The van der Waals surface area contributed by atoms with E-state index in [0.717, 1.165) is 5.56 Å². The number of carbonyl (C=O) groups is 1. The molecule has 4 nitrogen and oxygen atoms in total. The molecule has 0 saturated carbocycles. The average molecular weight is 288 g/mol. The van der Waals surface area contributed by atoms with Gasteiger partial charge in [0.05, 0.1) is 25.2 Å². The van der Waals surface area contributed by atoms with E-state index >= 15 is 0 Å². The van der Waals surface area contributed by atoms with Crippen LogP contribution in [0.3, 0.4) is 0 Å². The summed E-state index contributed by atoms with van der Waals surface area (Å²) in [5.74, 6) is 0.962. The first kappa shape index (κ1) is 13.0. The Labute approximate surface area is 103 Å². The van der Waals surface area contributed by atoms with Gasteiger partial charge in [-0.15, -0.1) is 0 Å². The van der Waals surface area contributed by atoms with Gasteiger partial charge in [-0.2, -0.15) is 0 Å². The van der Waals surface area contributed by atoms with Crippen LogP contribution in [-0.4, -0.2) is 26.5 Å². The van der Waals surface area contributed by atoms with Crippen molar-refractivity contribution in [2.24, 2.45) is 5.73 Å². The zero-order chi connectivity index (χ0) is 12.3. The Kier molecular flexibility index (Phi) is 4.32. The Hall–Kier alpha value is -1.07. The highest BCUT2D eigenvalue weighted by atomic mass is 79.9. The van der Waals surface area contributed by atoms with Crippen LogP contribution in [0, 0.1) is 6.92 Å². The molecule has 0 heterocycles. The van der Waals surface area contributed by atoms with E-state index < -0.39 is 0 Å². The number of halogens is 1. The van der Waals surface area contributed by atoms with Crippen molar-refractivity contribution < 1.29 is 14.3 Å². The van der Waals surface area contributed by atoms with Gasteiger partial charge in [-0.1, -0.05) is 0 Å². The zero-order valence-electron chi connectivity index (χ0n) is 9.46. The van der Waals surface area contributed by atoms with E-state index in [1.807, 2.05) is 6.92 Å². The lowest BCUT2D eigenvalue weighted by atomic mass is 10.0. The van der Waals surface area contributed by atoms with Crippen LogP contribution in [0.5, 0.6) is 11.5 Å². The molecule has 0 aliphatic heterocycles. The molecule has 0 saturated heterocycles. The third-order valence-electron chi connectivity index (χ3n) is 2.34. The van der Waals surface area contributed by atoms with Crippen LogP contribution in [0.4, 0.5) is 0 Å². The van der Waals surface area contributed by atoms with Crippen LogP contribution in [0.2, 0.25) is 0 Å². The van der Waals surface area contributed by atoms with E-state index in [-0.39, 0.29) is 12.3 Å². The number of carbonyl (C=O) groups excluding carboxylic acids is 1. The predicted molar refractivity (Wildman–Crippen MR) is 65.4 cm³/mol. The van der Waals surface area contributed by atoms with Gasteiger partial charge < -0.3 is 15.2 Å². The molecule has 5 heteroatoms. The minimum absolute atomic E-state index is 0.0250. The second-order valence-corrected chi connectivity index (χ2v) is 4.02. The molecule has 0 aliphatic carbocycles. The Morgan fingerprint density at radius 3 is 2.50 bits per heavy atom. The van der Waals surface area contributed by atoms with Crippen LogP contribution in [0.1, 0.15) is 15.9 Å². The van der Waals surface area contributed by atoms with Crippen molar-refractivity contribution in [3.63, 3.8) is 0 Å². The fraction of sp³-hybridized carbons (Fsp3) is 0.364. The van der Waals surface area contributed by atoms with Gasteiger partial charge in [0.1, 0.15) is 0 Å². The molecule has 88 valence electrons. The number of ketones is 1. The van der Waals surface area contributed by atoms with Gasteiger partial charge in [-0.3, -0.25) is 4.79 Å². The number of nitrogens with two attached hydrogens (primary N) is 1. The topological polar surface area (TPSA) is 61.5 Å². The lowest BCUT2D eigenvalue weighted by molar-refractivity contribution is 0.100. The molecule has 1 rings (SSSR count). The summed E-state index contributed by atoms with van der Waals surface area (Å²) >= 11 is 3.38. The van der Waals surface area contributed by atoms with Gasteiger partial charge in [-0.05, 0) is 34.5 Å². The molecule has 0 atom stereocenters. The average Bonchev–Trinajstić information content (AvgIpc) is 2.31. The number of rotatable bonds is 4. The van der Waals surface area contributed by atoms with E-state index in [1.165, 1.54) is 7.11 Å². The van der Waals surface area contributed by atoms with Gasteiger partial charge in [0, 0.05) is 5.56 Å². The third-order valence-corrected chi connectivity index (χ3v) is 3.30. The summed E-state index contributed by atoms with van der Waals surface area (Å²) in [7, 11) is 3.07. The SMILES string of the molecule is COc1cc(C(=O)CN)c(C)c(Br)c1OC. The van der Waals surface area contributed by atoms with Gasteiger partial charge in [-0.25, -0.2) is 0 Å². The van der Waals surface area contributed by atoms with Gasteiger partial charge in [0.2, 0.25) is 0 Å². The second-order valence-electron chi connectivity index (χ2n) is 3.23. The van der Waals surface area contributed by atoms with Gasteiger partial charge >= 0.3 is 0 Å². The lowest BCUT2D eigenvalue weighted by Crippen LogP contribution is -2.15. The van der Waals surface area contributed by atoms with Crippen LogP contribution < -0.4 is 15.2 Å². The molecule has 0 unspecified atom stereocenters. The minimum Gasteiger partial charge on any atom is -0.493 e. The quantitative estimate of drug-likeness (QED) is 0.860. The van der Waals surface area contributed by atoms with Crippen molar-refractivity contribution in [2.45, 2.75) is 6.92 Å². The maximum Gasteiger partial charge on any atom is 0.176 e. The molecule has 0 bridgehead atoms. The molecule has 1 aromatic carbocycles. The molecule has 1 aromatic rings. The summed E-state index contributed by atoms with van der Waals surface area (Å²) < 4.78 is 11.1. The molecular formula is C11H14BrNO3. The van der Waals surface area contributed by atoms with Crippen LogP contribution in [0.15, 0.2) is 10.5 Å². The molecule has 0 spiro atoms. The Morgan fingerprint density at radius 1 is 1.44 bits per heavy atom. The van der Waals surface area contributed by atoms with Crippen molar-refractivity contribution in [2.75, 3.05) is 20.8 Å². The summed E-state index contributed by atoms with van der Waals surface area (Å²) in [6.45, 7) is 1.80. The Morgan fingerprint density at radius 2 is 2.06 bits per heavy atom. The first-order valence-electron chi connectivity index (χ1n) is 4.71. The zero-order valence-corrected chi connectivity index (χ0v) is 11.1. The fourth-order valence-corrected chi connectivity index (χ4v) is 2.01. The highest BCUT2D eigenvalue weighted by Crippen LogP contribution is 2.39. The van der Waals surface area contributed by atoms with E-state index in [2.05, 4.69) is 15.9 Å². The smallest absolute Gasteiger partial charge is 0.176 e. The third kappa shape index (κ3) is 2.20. The molecule has 0 amide bonds. The van der Waals surface area contributed by atoms with Crippen LogP contribution >= 0.6 is 15.9 Å². The van der Waals surface area contributed by atoms with E-state index in [4.69, 9.17) is 15.2 Å². The second kappa shape index (κ2) is 5.32. The van der Waals surface area contributed by atoms with Crippen molar-refractivity contribution in [1.82, 2.24) is 0 Å². The predicted octanol–water partition coefficient (Wildman–Crippen LogP) is 1.92. The molecular weight excluding hydrogens is 274 g/mol. The highest BCUT2D eigenvalue weighted by molar-refractivity contribution is 9.10. The standard InChI is InChI=1S/C11H14BrNO3/c1-6-7(8(14)5-13)4-9(15-2)11(16-3)10(6)12/h4H,5,13H2,1-3H3. The largest absolute Gasteiger partial charge is 0.493 e. The number of benzene rings is 1. The number of ether oxygens (including phenoxy) is 2. The summed E-state index contributed by atoms with van der Waals surface area (Å²) in [4.78, 5) is 11.6. The number of hydrogen-bond acceptors (Lipinski definition) is 4. The Bertz CT molecular complexity index is 418. The van der Waals surface area contributed by atoms with Crippen LogP contribution in [0.25, 0.3) is 0 Å². The molecule has 0 aliphatic rings. The van der Waals surface area contributed by atoms with Crippen molar-refractivity contribution in [3.8, 4) is 11.5 Å². The van der Waals surface area contributed by atoms with Crippen molar-refractivity contribution in [3.05, 3.63) is 21.7 Å². The maximum atomic E-state index is 11.6. The number of hydrogen-bond donors (Lipinski definition) is 1. The van der Waals surface area contributed by atoms with E-state index in [9.17, 15) is 4.79 Å². The summed E-state index contributed by atoms with van der Waals surface area (Å²) in [5.41, 5.74) is 6.70. The van der Waals surface area contributed by atoms with Crippen LogP contribution in [-0.2, 0) is 0 Å². The highest BCUT2D eigenvalue weighted by Gasteiger charge is 2.18. The summed E-state index contributed by atoms with van der Waals surface area (Å²) in [6.07, 6.45) is 0. The van der Waals surface area contributed by atoms with Gasteiger partial charge in [0.15, 0.2) is 17.3 Å². The van der Waals surface area contributed by atoms with Gasteiger partial charge in [0.25, 0.3) is 0 Å². The molecule has 0 fully saturated rings. The number of methoxy groups -OCH3 is 2. The lowest BCUT2D eigenvalue weighted by Gasteiger charge is -2.14. The number of Topliss-reactive ketones (excluding diaryl/α,β-unsaturated/α-hetero) is 1. The molecule has 16 heavy (non-hydrogen) atoms. The monoisotopic (exact) mass is 287 g/mol. The molecule has 2 N–H and O–H groups in total. The summed E-state index contributed by atoms with van der Waals surface area (Å²) in [6, 6.07) is 1.65. The molecule has 0 radical (unpaired) electrons. The van der Waals surface area contributed by atoms with Crippen molar-refractivity contribution >= 4 is 21.7 Å². The van der Waals surface area contributed by atoms with Crippen molar-refractivity contribution in [1.29, 1.82) is 0 Å². The first-order valence-corrected chi connectivity index (χ1v) is 5.50. The normalized spacial score (nSPS) is 10.1. The first-order chi connectivity index (χ1) is 7.56. The minimum atomic E-state index is -0.126. The fourth-order valence-electron chi connectivity index (χ4n) is 1.44. The maximum absolute atomic E-state index is 11.6.